The maximum atomic E-state index is 12.0. The summed E-state index contributed by atoms with van der Waals surface area (Å²) in [6, 6.07) is 0. The van der Waals surface area contributed by atoms with Gasteiger partial charge >= 0.3 is 0 Å². The Hall–Kier alpha value is -1.34. The van der Waals surface area contributed by atoms with Crippen molar-refractivity contribution in [2.24, 2.45) is 0 Å². The van der Waals surface area contributed by atoms with Gasteiger partial charge in [-0.25, -0.2) is 8.42 Å². The highest BCUT2D eigenvalue weighted by molar-refractivity contribution is 7.91. The Morgan fingerprint density at radius 1 is 1.35 bits per heavy atom. The van der Waals surface area contributed by atoms with Crippen LogP contribution < -0.4 is 5.32 Å². The summed E-state index contributed by atoms with van der Waals surface area (Å²) >= 11 is 0. The summed E-state index contributed by atoms with van der Waals surface area (Å²) in [5.41, 5.74) is 2.50. The minimum atomic E-state index is -2.84. The van der Waals surface area contributed by atoms with E-state index in [0.717, 1.165) is 11.3 Å². The Morgan fingerprint density at radius 2 is 2.00 bits per heavy atom. The summed E-state index contributed by atoms with van der Waals surface area (Å²) in [6.07, 6.45) is 1.82. The zero-order chi connectivity index (χ0) is 14.8. The number of hydrogen-bond donors (Lipinski definition) is 2. The van der Waals surface area contributed by atoms with E-state index in [-0.39, 0.29) is 17.4 Å². The highest BCUT2D eigenvalue weighted by Crippen LogP contribution is 2.11. The summed E-state index contributed by atoms with van der Waals surface area (Å²) in [4.78, 5) is 17.1. The fourth-order valence-corrected chi connectivity index (χ4v) is 3.67. The third-order valence-electron chi connectivity index (χ3n) is 3.65. The minimum Gasteiger partial charge on any atom is -0.364 e. The monoisotopic (exact) mass is 299 g/mol. The third kappa shape index (κ3) is 3.61. The van der Waals surface area contributed by atoms with Crippen LogP contribution in [-0.4, -0.2) is 61.9 Å². The van der Waals surface area contributed by atoms with Crippen molar-refractivity contribution < 1.29 is 13.2 Å². The van der Waals surface area contributed by atoms with Crippen molar-refractivity contribution in [1.29, 1.82) is 0 Å². The lowest BCUT2D eigenvalue weighted by molar-refractivity contribution is 0.0947. The van der Waals surface area contributed by atoms with Gasteiger partial charge < -0.3 is 10.3 Å². The molecule has 0 radical (unpaired) electrons. The second-order valence-corrected chi connectivity index (χ2v) is 7.52. The molecule has 7 heteroatoms. The van der Waals surface area contributed by atoms with Gasteiger partial charge in [0.2, 0.25) is 0 Å². The summed E-state index contributed by atoms with van der Waals surface area (Å²) in [6.45, 7) is 6.10. The van der Waals surface area contributed by atoms with Crippen LogP contribution in [0.1, 0.15) is 21.6 Å². The number of rotatable bonds is 4. The van der Waals surface area contributed by atoms with Gasteiger partial charge in [0, 0.05) is 38.1 Å². The molecule has 0 saturated carbocycles. The second-order valence-electron chi connectivity index (χ2n) is 5.22. The molecule has 0 unspecified atom stereocenters. The number of nitrogens with zero attached hydrogens (tertiary/aromatic N) is 1. The van der Waals surface area contributed by atoms with E-state index in [9.17, 15) is 13.2 Å². The fourth-order valence-electron chi connectivity index (χ4n) is 2.40. The molecule has 1 fully saturated rings. The number of H-pyrrole nitrogens is 1. The third-order valence-corrected chi connectivity index (χ3v) is 5.26. The Labute approximate surface area is 119 Å². The number of nitrogens with one attached hydrogen (secondary N) is 2. The Bertz CT molecular complexity index is 559. The molecule has 1 saturated heterocycles. The number of sulfone groups is 1. The lowest BCUT2D eigenvalue weighted by Gasteiger charge is -2.26. The molecule has 112 valence electrons. The molecule has 20 heavy (non-hydrogen) atoms. The predicted molar refractivity (Wildman–Crippen MR) is 77.7 cm³/mol. The van der Waals surface area contributed by atoms with Crippen LogP contribution in [-0.2, 0) is 9.84 Å². The highest BCUT2D eigenvalue weighted by Gasteiger charge is 2.21. The zero-order valence-electron chi connectivity index (χ0n) is 11.9. The van der Waals surface area contributed by atoms with E-state index in [1.165, 1.54) is 0 Å². The first-order valence-corrected chi connectivity index (χ1v) is 8.57. The normalized spacial score (nSPS) is 18.9. The zero-order valence-corrected chi connectivity index (χ0v) is 12.7. The van der Waals surface area contributed by atoms with Gasteiger partial charge in [-0.3, -0.25) is 9.69 Å². The van der Waals surface area contributed by atoms with Crippen molar-refractivity contribution >= 4 is 15.7 Å². The first-order chi connectivity index (χ1) is 9.39. The van der Waals surface area contributed by atoms with Crippen molar-refractivity contribution in [3.05, 3.63) is 23.0 Å². The number of aryl methyl sites for hydroxylation is 2. The van der Waals surface area contributed by atoms with Gasteiger partial charge in [0.1, 0.15) is 0 Å². The average Bonchev–Trinajstić information content (AvgIpc) is 2.71. The van der Waals surface area contributed by atoms with Crippen molar-refractivity contribution in [3.63, 3.8) is 0 Å². The average molecular weight is 299 g/mol. The van der Waals surface area contributed by atoms with Gasteiger partial charge in [-0.15, -0.1) is 0 Å². The van der Waals surface area contributed by atoms with Gasteiger partial charge in [-0.1, -0.05) is 0 Å². The molecule has 2 rings (SSSR count). The molecule has 0 spiro atoms. The number of carbonyl (C=O) groups is 1. The molecule has 0 aliphatic carbocycles. The van der Waals surface area contributed by atoms with Crippen LogP contribution in [0.15, 0.2) is 6.20 Å². The minimum absolute atomic E-state index is 0.0779. The largest absolute Gasteiger partial charge is 0.364 e. The van der Waals surface area contributed by atoms with E-state index in [1.807, 2.05) is 20.0 Å². The maximum Gasteiger partial charge on any atom is 0.253 e. The van der Waals surface area contributed by atoms with E-state index < -0.39 is 9.84 Å². The molecule has 1 aromatic rings. The van der Waals surface area contributed by atoms with Crippen LogP contribution >= 0.6 is 0 Å². The molecule has 0 bridgehead atoms. The van der Waals surface area contributed by atoms with Gasteiger partial charge in [0.05, 0.1) is 17.1 Å². The SMILES string of the molecule is Cc1c[nH]c(C)c1C(=O)NCCN1CCS(=O)(=O)CC1. The van der Waals surface area contributed by atoms with Crippen molar-refractivity contribution in [2.75, 3.05) is 37.7 Å². The van der Waals surface area contributed by atoms with Crippen molar-refractivity contribution in [1.82, 2.24) is 15.2 Å². The van der Waals surface area contributed by atoms with Crippen LogP contribution in [0.4, 0.5) is 0 Å². The molecule has 0 atom stereocenters. The lowest BCUT2D eigenvalue weighted by atomic mass is 10.1. The fraction of sp³-hybridized carbons (Fsp3) is 0.615. The molecule has 1 amide bonds. The molecule has 0 aromatic carbocycles. The van der Waals surface area contributed by atoms with Gasteiger partial charge in [-0.2, -0.15) is 0 Å². The first kappa shape index (κ1) is 15.1. The molecule has 6 nitrogen and oxygen atoms in total. The maximum absolute atomic E-state index is 12.0. The number of hydrogen-bond acceptors (Lipinski definition) is 4. The summed E-state index contributed by atoms with van der Waals surface area (Å²) in [7, 11) is -2.84. The first-order valence-electron chi connectivity index (χ1n) is 6.74. The van der Waals surface area contributed by atoms with E-state index in [1.54, 1.807) is 0 Å². The quantitative estimate of drug-likeness (QED) is 0.825. The van der Waals surface area contributed by atoms with E-state index in [2.05, 4.69) is 15.2 Å². The second kappa shape index (κ2) is 5.97. The van der Waals surface area contributed by atoms with Crippen LogP contribution in [0.25, 0.3) is 0 Å². The van der Waals surface area contributed by atoms with Crippen LogP contribution in [0.2, 0.25) is 0 Å². The topological polar surface area (TPSA) is 82.3 Å². The standard InChI is InChI=1S/C13H21N3O3S/c1-10-9-15-11(2)12(10)13(17)14-3-4-16-5-7-20(18,19)8-6-16/h9,15H,3-8H2,1-2H3,(H,14,17). The smallest absolute Gasteiger partial charge is 0.253 e. The van der Waals surface area contributed by atoms with Crippen molar-refractivity contribution in [3.8, 4) is 0 Å². The number of aromatic amines is 1. The van der Waals surface area contributed by atoms with Crippen LogP contribution in [0.5, 0.6) is 0 Å². The Kier molecular flexibility index (Phi) is 4.49. The number of aromatic nitrogens is 1. The number of carbonyl (C=O) groups excluding carboxylic acids is 1. The van der Waals surface area contributed by atoms with Crippen LogP contribution in [0.3, 0.4) is 0 Å². The summed E-state index contributed by atoms with van der Waals surface area (Å²) in [5.74, 6) is 0.361. The Morgan fingerprint density at radius 3 is 2.55 bits per heavy atom. The molecular weight excluding hydrogens is 278 g/mol. The lowest BCUT2D eigenvalue weighted by Crippen LogP contribution is -2.43. The number of amides is 1. The molecule has 2 N–H and O–H groups in total. The molecule has 1 aromatic heterocycles. The Balaban J connectivity index is 1.78. The molecule has 1 aliphatic rings. The van der Waals surface area contributed by atoms with E-state index >= 15 is 0 Å². The van der Waals surface area contributed by atoms with Crippen LogP contribution in [0, 0.1) is 13.8 Å². The van der Waals surface area contributed by atoms with Gasteiger partial charge in [0.15, 0.2) is 9.84 Å². The summed E-state index contributed by atoms with van der Waals surface area (Å²) < 4.78 is 22.6. The van der Waals surface area contributed by atoms with Gasteiger partial charge in [-0.05, 0) is 19.4 Å². The van der Waals surface area contributed by atoms with Gasteiger partial charge in [0.25, 0.3) is 5.91 Å². The highest BCUT2D eigenvalue weighted by atomic mass is 32.2. The summed E-state index contributed by atoms with van der Waals surface area (Å²) in [5, 5.41) is 2.88. The van der Waals surface area contributed by atoms with E-state index in [0.29, 0.717) is 31.7 Å². The predicted octanol–water partition coefficient (Wildman–Crippen LogP) is 0.0917. The van der Waals surface area contributed by atoms with Crippen molar-refractivity contribution in [2.45, 2.75) is 13.8 Å². The van der Waals surface area contributed by atoms with E-state index in [4.69, 9.17) is 0 Å². The molecule has 2 heterocycles. The molecule has 1 aliphatic heterocycles. The molecular formula is C13H21N3O3S.